The molecule has 0 spiro atoms. The Morgan fingerprint density at radius 2 is 1.94 bits per heavy atom. The lowest BCUT2D eigenvalue weighted by molar-refractivity contribution is 0.497. The Balaban J connectivity index is 2.66. The molecule has 16 heavy (non-hydrogen) atoms. The molecule has 0 fully saturated rings. The van der Waals surface area contributed by atoms with Gasteiger partial charge in [-0.2, -0.15) is 0 Å². The summed E-state index contributed by atoms with van der Waals surface area (Å²) >= 11 is 0. The molecule has 1 unspecified atom stereocenters. The van der Waals surface area contributed by atoms with E-state index in [1.54, 1.807) is 0 Å². The van der Waals surface area contributed by atoms with Crippen molar-refractivity contribution in [3.05, 3.63) is 34.9 Å². The molecule has 0 heterocycles. The maximum atomic E-state index is 5.52. The smallest absolute Gasteiger partial charge is 0.0260 e. The maximum Gasteiger partial charge on any atom is 0.0260 e. The van der Waals surface area contributed by atoms with Crippen molar-refractivity contribution in [1.29, 1.82) is 0 Å². The third-order valence-electron chi connectivity index (χ3n) is 2.64. The number of aryl methyl sites for hydroxylation is 2. The van der Waals surface area contributed by atoms with E-state index >= 15 is 0 Å². The molecule has 1 aromatic rings. The van der Waals surface area contributed by atoms with Crippen LogP contribution in [-0.4, -0.2) is 6.04 Å². The molecule has 0 saturated heterocycles. The summed E-state index contributed by atoms with van der Waals surface area (Å²) in [4.78, 5) is 0. The zero-order valence-electron chi connectivity index (χ0n) is 10.1. The van der Waals surface area contributed by atoms with Crippen molar-refractivity contribution in [1.82, 2.24) is 5.43 Å². The van der Waals surface area contributed by atoms with E-state index < -0.39 is 0 Å². The van der Waals surface area contributed by atoms with Gasteiger partial charge in [-0.1, -0.05) is 29.3 Å². The van der Waals surface area contributed by atoms with Gasteiger partial charge in [0.2, 0.25) is 0 Å². The van der Waals surface area contributed by atoms with Gasteiger partial charge < -0.3 is 0 Å². The second-order valence-electron chi connectivity index (χ2n) is 4.31. The molecule has 2 heteroatoms. The number of nitrogens with two attached hydrogens (primary N) is 1. The molecule has 0 bridgehead atoms. The molecule has 0 aromatic heterocycles. The molecule has 1 atom stereocenters. The van der Waals surface area contributed by atoms with Crippen molar-refractivity contribution >= 4 is 0 Å². The van der Waals surface area contributed by atoms with Crippen molar-refractivity contribution in [2.45, 2.75) is 39.2 Å². The lowest BCUT2D eigenvalue weighted by Gasteiger charge is -2.15. The van der Waals surface area contributed by atoms with Crippen molar-refractivity contribution in [3.63, 3.8) is 0 Å². The van der Waals surface area contributed by atoms with Gasteiger partial charge >= 0.3 is 0 Å². The highest BCUT2D eigenvalue weighted by atomic mass is 15.2. The number of rotatable bonds is 5. The topological polar surface area (TPSA) is 38.0 Å². The number of terminal acetylenes is 1. The van der Waals surface area contributed by atoms with Crippen molar-refractivity contribution in [3.8, 4) is 12.3 Å². The molecule has 0 saturated carbocycles. The molecule has 0 aliphatic rings. The summed E-state index contributed by atoms with van der Waals surface area (Å²) in [6, 6.07) is 6.84. The van der Waals surface area contributed by atoms with Crippen LogP contribution >= 0.6 is 0 Å². The van der Waals surface area contributed by atoms with Crippen molar-refractivity contribution in [2.75, 3.05) is 0 Å². The predicted octanol–water partition coefficient (Wildman–Crippen LogP) is 2.09. The monoisotopic (exact) mass is 216 g/mol. The molecule has 0 radical (unpaired) electrons. The van der Waals surface area contributed by atoms with Gasteiger partial charge in [0.25, 0.3) is 0 Å². The summed E-state index contributed by atoms with van der Waals surface area (Å²) in [7, 11) is 0. The fraction of sp³-hybridized carbons (Fsp3) is 0.429. The highest BCUT2D eigenvalue weighted by molar-refractivity contribution is 5.29. The minimum absolute atomic E-state index is 0.261. The zero-order chi connectivity index (χ0) is 12.0. The van der Waals surface area contributed by atoms with Crippen LogP contribution in [-0.2, 0) is 6.42 Å². The molecule has 0 aliphatic carbocycles. The molecule has 1 aromatic carbocycles. The van der Waals surface area contributed by atoms with E-state index in [0.29, 0.717) is 0 Å². The van der Waals surface area contributed by atoms with Gasteiger partial charge in [-0.05, 0) is 32.3 Å². The Labute approximate surface area is 98.2 Å². The summed E-state index contributed by atoms with van der Waals surface area (Å²) in [5, 5.41) is 0. The largest absolute Gasteiger partial charge is 0.271 e. The van der Waals surface area contributed by atoms with Crippen LogP contribution in [0, 0.1) is 26.2 Å². The van der Waals surface area contributed by atoms with Crippen LogP contribution < -0.4 is 11.3 Å². The lowest BCUT2D eigenvalue weighted by atomic mass is 9.99. The van der Waals surface area contributed by atoms with E-state index in [4.69, 9.17) is 12.3 Å². The van der Waals surface area contributed by atoms with Gasteiger partial charge in [-0.15, -0.1) is 12.3 Å². The van der Waals surface area contributed by atoms with Gasteiger partial charge in [-0.3, -0.25) is 11.3 Å². The number of hydrogen-bond acceptors (Lipinski definition) is 2. The van der Waals surface area contributed by atoms with Crippen LogP contribution in [0.15, 0.2) is 18.2 Å². The highest BCUT2D eigenvalue weighted by Crippen LogP contribution is 2.12. The Hall–Kier alpha value is -1.30. The van der Waals surface area contributed by atoms with Gasteiger partial charge in [0, 0.05) is 12.5 Å². The number of nitrogens with one attached hydrogen (secondary N) is 1. The van der Waals surface area contributed by atoms with Crippen LogP contribution in [0.5, 0.6) is 0 Å². The zero-order valence-corrected chi connectivity index (χ0v) is 10.1. The summed E-state index contributed by atoms with van der Waals surface area (Å²) in [5.41, 5.74) is 6.73. The fourth-order valence-corrected chi connectivity index (χ4v) is 1.97. The quantitative estimate of drug-likeness (QED) is 0.449. The standard InChI is InChI=1S/C14H20N2/c1-4-5-6-14(16-15)10-13-8-11(2)7-12(3)9-13/h1,7-9,14,16H,5-6,10,15H2,2-3H3. The summed E-state index contributed by atoms with van der Waals surface area (Å²) in [6.45, 7) is 4.23. The fourth-order valence-electron chi connectivity index (χ4n) is 1.97. The first kappa shape index (κ1) is 12.8. The molecule has 2 nitrogen and oxygen atoms in total. The second-order valence-corrected chi connectivity index (χ2v) is 4.31. The first-order valence-corrected chi connectivity index (χ1v) is 5.62. The average Bonchev–Trinajstić information content (AvgIpc) is 2.22. The van der Waals surface area contributed by atoms with Crippen molar-refractivity contribution in [2.24, 2.45) is 5.84 Å². The average molecular weight is 216 g/mol. The van der Waals surface area contributed by atoms with E-state index in [1.807, 2.05) is 0 Å². The predicted molar refractivity (Wildman–Crippen MR) is 68.8 cm³/mol. The van der Waals surface area contributed by atoms with Crippen LogP contribution in [0.3, 0.4) is 0 Å². The molecule has 1 rings (SSSR count). The number of hydrazine groups is 1. The SMILES string of the molecule is C#CCCC(Cc1cc(C)cc(C)c1)NN. The third-order valence-corrected chi connectivity index (χ3v) is 2.64. The first-order valence-electron chi connectivity index (χ1n) is 5.62. The Bertz CT molecular complexity index is 357. The lowest BCUT2D eigenvalue weighted by Crippen LogP contribution is -2.36. The number of hydrogen-bond donors (Lipinski definition) is 2. The molecule has 0 aliphatic heterocycles. The van der Waals surface area contributed by atoms with Crippen molar-refractivity contribution < 1.29 is 0 Å². The van der Waals surface area contributed by atoms with E-state index in [0.717, 1.165) is 19.3 Å². The normalized spacial score (nSPS) is 12.1. The highest BCUT2D eigenvalue weighted by Gasteiger charge is 2.07. The molecular weight excluding hydrogens is 196 g/mol. The summed E-state index contributed by atoms with van der Waals surface area (Å²) < 4.78 is 0. The van der Waals surface area contributed by atoms with E-state index in [9.17, 15) is 0 Å². The molecule has 3 N–H and O–H groups in total. The third kappa shape index (κ3) is 4.06. The van der Waals surface area contributed by atoms with E-state index in [2.05, 4.69) is 43.4 Å². The van der Waals surface area contributed by atoms with E-state index in [-0.39, 0.29) is 6.04 Å². The van der Waals surface area contributed by atoms with Crippen LogP contribution in [0.25, 0.3) is 0 Å². The molecular formula is C14H20N2. The first-order chi connectivity index (χ1) is 7.65. The van der Waals surface area contributed by atoms with Crippen LogP contribution in [0.1, 0.15) is 29.5 Å². The Morgan fingerprint density at radius 3 is 2.44 bits per heavy atom. The van der Waals surface area contributed by atoms with Gasteiger partial charge in [0.1, 0.15) is 0 Å². The second kappa shape index (κ2) is 6.32. The van der Waals surface area contributed by atoms with Gasteiger partial charge in [0.05, 0.1) is 0 Å². The minimum atomic E-state index is 0.261. The summed E-state index contributed by atoms with van der Waals surface area (Å²) in [5.74, 6) is 8.16. The molecule has 0 amide bonds. The Morgan fingerprint density at radius 1 is 1.31 bits per heavy atom. The van der Waals surface area contributed by atoms with E-state index in [1.165, 1.54) is 16.7 Å². The van der Waals surface area contributed by atoms with Crippen LogP contribution in [0.4, 0.5) is 0 Å². The Kier molecular flexibility index (Phi) is 5.04. The van der Waals surface area contributed by atoms with Crippen LogP contribution in [0.2, 0.25) is 0 Å². The summed E-state index contributed by atoms with van der Waals surface area (Å²) in [6.07, 6.45) is 7.87. The number of benzene rings is 1. The van der Waals surface area contributed by atoms with Gasteiger partial charge in [-0.25, -0.2) is 0 Å². The van der Waals surface area contributed by atoms with Gasteiger partial charge in [0.15, 0.2) is 0 Å². The molecule has 86 valence electrons. The minimum Gasteiger partial charge on any atom is -0.271 e. The maximum absolute atomic E-state index is 5.52.